The molecule has 0 aliphatic carbocycles. The van der Waals surface area contributed by atoms with Gasteiger partial charge in [-0.3, -0.25) is 14.4 Å². The Hall–Kier alpha value is -4.26. The standard InChI is InChI=1S/C38H39BrN6O4S/c1-3-19-42(22-25-13-7-5-8-14-25)35(47)31-32-36(48)45(30(23-46)26-15-9-6-10-16-26)34(38(32)21-27(39)33(31)50-38)37(49)43(20-4-2)24-44-29-18-12-11-17-28(29)40-41-44/h3-18,27,30-34,46H,1-2,19-24H2/t27?,30-,31-,32+,33-,34?,38?/m1/s1. The second-order valence-corrected chi connectivity index (χ2v) is 15.8. The Balaban J connectivity index is 1.31. The number of likely N-dealkylation sites (tertiary alicyclic amines) is 1. The molecule has 0 radical (unpaired) electrons. The van der Waals surface area contributed by atoms with E-state index in [2.05, 4.69) is 39.4 Å². The molecule has 1 N–H and O–H groups in total. The van der Waals surface area contributed by atoms with Crippen molar-refractivity contribution in [2.24, 2.45) is 11.8 Å². The average Bonchev–Trinajstić information content (AvgIpc) is 3.86. The van der Waals surface area contributed by atoms with Crippen molar-refractivity contribution >= 4 is 56.4 Å². The number of hydrogen-bond donors (Lipinski definition) is 1. The van der Waals surface area contributed by atoms with Gasteiger partial charge in [0.15, 0.2) is 0 Å². The topological polar surface area (TPSA) is 112 Å². The highest BCUT2D eigenvalue weighted by Gasteiger charge is 2.76. The van der Waals surface area contributed by atoms with Gasteiger partial charge in [0.05, 0.1) is 34.7 Å². The van der Waals surface area contributed by atoms with Crippen LogP contribution in [0.4, 0.5) is 0 Å². The molecule has 7 atom stereocenters. The van der Waals surface area contributed by atoms with Gasteiger partial charge < -0.3 is 19.8 Å². The number of thioether (sulfide) groups is 1. The van der Waals surface area contributed by atoms with Crippen LogP contribution in [0.5, 0.6) is 0 Å². The Labute approximate surface area is 303 Å². The highest BCUT2D eigenvalue weighted by Crippen LogP contribution is 2.68. The summed E-state index contributed by atoms with van der Waals surface area (Å²) in [6.45, 7) is 8.42. The molecule has 258 valence electrons. The van der Waals surface area contributed by atoms with Gasteiger partial charge in [0, 0.05) is 29.7 Å². The first kappa shape index (κ1) is 34.2. The molecule has 4 heterocycles. The number of para-hydroxylation sites is 1. The lowest BCUT2D eigenvalue weighted by molar-refractivity contribution is -0.147. The predicted octanol–water partition coefficient (Wildman–Crippen LogP) is 4.82. The maximum Gasteiger partial charge on any atom is 0.248 e. The van der Waals surface area contributed by atoms with Gasteiger partial charge in [-0.25, -0.2) is 4.68 Å². The quantitative estimate of drug-likeness (QED) is 0.154. The lowest BCUT2D eigenvalue weighted by atomic mass is 9.70. The van der Waals surface area contributed by atoms with Gasteiger partial charge in [-0.05, 0) is 29.7 Å². The summed E-state index contributed by atoms with van der Waals surface area (Å²) in [5, 5.41) is 19.3. The summed E-state index contributed by atoms with van der Waals surface area (Å²) < 4.78 is 0.745. The third kappa shape index (κ3) is 5.76. The molecule has 3 aliphatic rings. The van der Waals surface area contributed by atoms with Crippen LogP contribution in [-0.2, 0) is 27.6 Å². The predicted molar refractivity (Wildman–Crippen MR) is 197 cm³/mol. The van der Waals surface area contributed by atoms with Crippen LogP contribution in [0.15, 0.2) is 110 Å². The molecule has 3 aromatic carbocycles. The first-order valence-electron chi connectivity index (χ1n) is 16.7. The lowest BCUT2D eigenvalue weighted by Crippen LogP contribution is -2.56. The second-order valence-electron chi connectivity index (χ2n) is 13.1. The van der Waals surface area contributed by atoms with Gasteiger partial charge in [-0.1, -0.05) is 106 Å². The summed E-state index contributed by atoms with van der Waals surface area (Å²) in [6.07, 6.45) is 3.87. The van der Waals surface area contributed by atoms with E-state index in [0.29, 0.717) is 30.6 Å². The van der Waals surface area contributed by atoms with Gasteiger partial charge in [-0.15, -0.1) is 30.0 Å². The largest absolute Gasteiger partial charge is 0.394 e. The SMILES string of the molecule is C=CCN(Cn1nnc2ccccc21)C(=O)C1N([C@H](CO)c2ccccc2)C(=O)[C@@H]2[C@@H](C(=O)N(CC=C)Cc3ccccc3)[C@@H]3SC12CC3Br. The molecule has 12 heteroatoms. The van der Waals surface area contributed by atoms with Gasteiger partial charge in [0.2, 0.25) is 17.7 Å². The molecule has 1 aromatic heterocycles. The van der Waals surface area contributed by atoms with Crippen LogP contribution >= 0.6 is 27.7 Å². The van der Waals surface area contributed by atoms with E-state index in [0.717, 1.165) is 11.1 Å². The van der Waals surface area contributed by atoms with Crippen molar-refractivity contribution in [1.82, 2.24) is 29.7 Å². The van der Waals surface area contributed by atoms with E-state index in [1.54, 1.807) is 43.3 Å². The van der Waals surface area contributed by atoms with E-state index < -0.39 is 35.3 Å². The summed E-state index contributed by atoms with van der Waals surface area (Å²) in [6, 6.07) is 24.8. The summed E-state index contributed by atoms with van der Waals surface area (Å²) in [7, 11) is 0. The van der Waals surface area contributed by atoms with Gasteiger partial charge in [0.1, 0.15) is 18.2 Å². The fourth-order valence-corrected chi connectivity index (χ4v) is 11.7. The van der Waals surface area contributed by atoms with Crippen LogP contribution < -0.4 is 0 Å². The van der Waals surface area contributed by atoms with Gasteiger partial charge in [-0.2, -0.15) is 0 Å². The normalized spacial score (nSPS) is 25.8. The molecule has 10 nitrogen and oxygen atoms in total. The van der Waals surface area contributed by atoms with Gasteiger partial charge >= 0.3 is 0 Å². The van der Waals surface area contributed by atoms with Gasteiger partial charge in [0.25, 0.3) is 0 Å². The van der Waals surface area contributed by atoms with E-state index in [1.165, 1.54) is 0 Å². The van der Waals surface area contributed by atoms with Crippen molar-refractivity contribution in [2.45, 2.75) is 46.5 Å². The van der Waals surface area contributed by atoms with Crippen molar-refractivity contribution in [3.05, 3.63) is 121 Å². The number of aliphatic hydroxyl groups is 1. The molecular weight excluding hydrogens is 716 g/mol. The number of rotatable bonds is 13. The minimum atomic E-state index is -0.970. The Morgan fingerprint density at radius 3 is 2.34 bits per heavy atom. The zero-order valence-electron chi connectivity index (χ0n) is 27.5. The van der Waals surface area contributed by atoms with Crippen LogP contribution in [0.1, 0.15) is 23.6 Å². The second kappa shape index (κ2) is 14.2. The number of hydrogen-bond acceptors (Lipinski definition) is 7. The van der Waals surface area contributed by atoms with E-state index in [4.69, 9.17) is 0 Å². The number of nitrogens with zero attached hydrogens (tertiary/aromatic N) is 6. The molecule has 3 saturated heterocycles. The molecule has 1 spiro atoms. The first-order chi connectivity index (χ1) is 24.3. The van der Waals surface area contributed by atoms with E-state index >= 15 is 9.59 Å². The number of fused-ring (bicyclic) bond motifs is 2. The Bertz CT molecular complexity index is 1910. The number of alkyl halides is 1. The first-order valence-corrected chi connectivity index (χ1v) is 18.5. The van der Waals surface area contributed by atoms with Crippen LogP contribution in [0, 0.1) is 11.8 Å². The Morgan fingerprint density at radius 1 is 0.980 bits per heavy atom. The molecule has 7 rings (SSSR count). The zero-order chi connectivity index (χ0) is 35.0. The molecule has 0 saturated carbocycles. The molecule has 3 unspecified atom stereocenters. The molecular formula is C38H39BrN6O4S. The summed E-state index contributed by atoms with van der Waals surface area (Å²) >= 11 is 5.47. The van der Waals surface area contributed by atoms with Crippen molar-refractivity contribution < 1.29 is 19.5 Å². The number of benzene rings is 3. The number of carbonyl (C=O) groups is 3. The van der Waals surface area contributed by atoms with Crippen molar-refractivity contribution in [2.75, 3.05) is 19.7 Å². The number of carbonyl (C=O) groups excluding carboxylic acids is 3. The number of aromatic nitrogens is 3. The fourth-order valence-electron chi connectivity index (χ4n) is 8.13. The summed E-state index contributed by atoms with van der Waals surface area (Å²) in [4.78, 5) is 49.9. The fraction of sp³-hybridized carbons (Fsp3) is 0.342. The number of amides is 3. The monoisotopic (exact) mass is 754 g/mol. The Morgan fingerprint density at radius 2 is 1.64 bits per heavy atom. The molecule has 4 aromatic rings. The van der Waals surface area contributed by atoms with Crippen molar-refractivity contribution in [3.63, 3.8) is 0 Å². The van der Waals surface area contributed by atoms with Crippen LogP contribution in [-0.4, -0.2) is 93.1 Å². The molecule has 2 bridgehead atoms. The minimum Gasteiger partial charge on any atom is -0.394 e. The molecule has 50 heavy (non-hydrogen) atoms. The highest BCUT2D eigenvalue weighted by molar-refractivity contribution is 9.09. The third-order valence-electron chi connectivity index (χ3n) is 10.2. The smallest absolute Gasteiger partial charge is 0.248 e. The third-order valence-corrected chi connectivity index (χ3v) is 13.4. The van der Waals surface area contributed by atoms with E-state index in [9.17, 15) is 9.90 Å². The van der Waals surface area contributed by atoms with Crippen LogP contribution in [0.3, 0.4) is 0 Å². The van der Waals surface area contributed by atoms with E-state index in [-0.39, 0.29) is 41.0 Å². The lowest BCUT2D eigenvalue weighted by Gasteiger charge is -2.40. The molecule has 3 fully saturated rings. The van der Waals surface area contributed by atoms with Crippen LogP contribution in [0.2, 0.25) is 0 Å². The maximum absolute atomic E-state index is 15.2. The maximum atomic E-state index is 15.2. The Kier molecular flexibility index (Phi) is 9.69. The van der Waals surface area contributed by atoms with E-state index in [1.807, 2.05) is 84.9 Å². The molecule has 3 aliphatic heterocycles. The van der Waals surface area contributed by atoms with Crippen LogP contribution in [0.25, 0.3) is 11.0 Å². The summed E-state index contributed by atoms with van der Waals surface area (Å²) in [5.74, 6) is -2.17. The zero-order valence-corrected chi connectivity index (χ0v) is 29.9. The highest BCUT2D eigenvalue weighted by atomic mass is 79.9. The molecule has 3 amide bonds. The van der Waals surface area contributed by atoms with Crippen molar-refractivity contribution in [3.8, 4) is 0 Å². The number of aliphatic hydroxyl groups excluding tert-OH is 1. The van der Waals surface area contributed by atoms with Crippen molar-refractivity contribution in [1.29, 1.82) is 0 Å². The minimum absolute atomic E-state index is 0.0815. The average molecular weight is 756 g/mol. The summed E-state index contributed by atoms with van der Waals surface area (Å²) in [5.41, 5.74) is 3.16. The number of halogens is 1.